The van der Waals surface area contributed by atoms with Crippen LogP contribution in [0.4, 0.5) is 23.2 Å². The molecule has 0 aliphatic carbocycles. The van der Waals surface area contributed by atoms with E-state index in [-0.39, 0.29) is 29.4 Å². The minimum absolute atomic E-state index is 0.127. The van der Waals surface area contributed by atoms with Gasteiger partial charge >= 0.3 is 6.36 Å². The van der Waals surface area contributed by atoms with Gasteiger partial charge in [-0.1, -0.05) is 6.07 Å². The van der Waals surface area contributed by atoms with Gasteiger partial charge in [0.05, 0.1) is 0 Å². The van der Waals surface area contributed by atoms with Gasteiger partial charge in [0.25, 0.3) is 0 Å². The SMILES string of the molecule is Nc1cccc(F)c1COc1ccc(OC(F)(F)F)cc1. The van der Waals surface area contributed by atoms with E-state index in [4.69, 9.17) is 10.5 Å². The number of anilines is 1. The highest BCUT2D eigenvalue weighted by Crippen LogP contribution is 2.25. The van der Waals surface area contributed by atoms with E-state index in [1.807, 2.05) is 0 Å². The molecule has 0 spiro atoms. The smallest absolute Gasteiger partial charge is 0.489 e. The number of hydrogen-bond acceptors (Lipinski definition) is 3. The molecule has 3 nitrogen and oxygen atoms in total. The molecule has 2 rings (SSSR count). The summed E-state index contributed by atoms with van der Waals surface area (Å²) in [6, 6.07) is 9.03. The topological polar surface area (TPSA) is 44.5 Å². The molecule has 0 unspecified atom stereocenters. The fourth-order valence-electron chi connectivity index (χ4n) is 1.62. The Balaban J connectivity index is 2.01. The molecule has 0 saturated heterocycles. The molecule has 0 atom stereocenters. The summed E-state index contributed by atoms with van der Waals surface area (Å²) in [5.74, 6) is -0.598. The fraction of sp³-hybridized carbons (Fsp3) is 0.143. The van der Waals surface area contributed by atoms with Crippen LogP contribution in [0.1, 0.15) is 5.56 Å². The quantitative estimate of drug-likeness (QED) is 0.688. The molecule has 2 N–H and O–H groups in total. The number of halogens is 4. The van der Waals surface area contributed by atoms with Crippen molar-refractivity contribution in [1.29, 1.82) is 0 Å². The van der Waals surface area contributed by atoms with Crippen LogP contribution in [0.2, 0.25) is 0 Å². The van der Waals surface area contributed by atoms with Crippen LogP contribution in [-0.2, 0) is 6.61 Å². The second-order valence-corrected chi connectivity index (χ2v) is 4.12. The summed E-state index contributed by atoms with van der Waals surface area (Å²) >= 11 is 0. The molecule has 0 aliphatic rings. The summed E-state index contributed by atoms with van der Waals surface area (Å²) in [7, 11) is 0. The lowest BCUT2D eigenvalue weighted by Gasteiger charge is -2.11. The van der Waals surface area contributed by atoms with E-state index >= 15 is 0 Å². The number of ether oxygens (including phenoxy) is 2. The van der Waals surface area contributed by atoms with Crippen molar-refractivity contribution in [3.63, 3.8) is 0 Å². The van der Waals surface area contributed by atoms with Crippen molar-refractivity contribution in [2.75, 3.05) is 5.73 Å². The molecular formula is C14H11F4NO2. The molecule has 112 valence electrons. The monoisotopic (exact) mass is 301 g/mol. The van der Waals surface area contributed by atoms with Crippen LogP contribution in [0, 0.1) is 5.82 Å². The van der Waals surface area contributed by atoms with Crippen LogP contribution >= 0.6 is 0 Å². The van der Waals surface area contributed by atoms with E-state index in [2.05, 4.69) is 4.74 Å². The van der Waals surface area contributed by atoms with Gasteiger partial charge in [0.2, 0.25) is 0 Å². The van der Waals surface area contributed by atoms with Crippen molar-refractivity contribution in [3.05, 3.63) is 53.8 Å². The number of nitrogen functional groups attached to an aromatic ring is 1. The largest absolute Gasteiger partial charge is 0.573 e. The van der Waals surface area contributed by atoms with Crippen molar-refractivity contribution in [3.8, 4) is 11.5 Å². The van der Waals surface area contributed by atoms with E-state index in [1.54, 1.807) is 0 Å². The van der Waals surface area contributed by atoms with Crippen LogP contribution in [-0.4, -0.2) is 6.36 Å². The van der Waals surface area contributed by atoms with E-state index in [9.17, 15) is 17.6 Å². The van der Waals surface area contributed by atoms with Crippen molar-refractivity contribution in [1.82, 2.24) is 0 Å². The van der Waals surface area contributed by atoms with Gasteiger partial charge in [-0.2, -0.15) is 0 Å². The maximum absolute atomic E-state index is 13.5. The number of rotatable bonds is 4. The molecular weight excluding hydrogens is 290 g/mol. The minimum Gasteiger partial charge on any atom is -0.489 e. The summed E-state index contributed by atoms with van der Waals surface area (Å²) in [5, 5.41) is 0. The van der Waals surface area contributed by atoms with Gasteiger partial charge in [0, 0.05) is 11.3 Å². The molecule has 7 heteroatoms. The second kappa shape index (κ2) is 5.90. The van der Waals surface area contributed by atoms with Gasteiger partial charge in [-0.3, -0.25) is 0 Å². The molecule has 0 heterocycles. The number of benzene rings is 2. The zero-order valence-corrected chi connectivity index (χ0v) is 10.7. The molecule has 0 aromatic heterocycles. The van der Waals surface area contributed by atoms with Crippen LogP contribution in [0.5, 0.6) is 11.5 Å². The molecule has 0 radical (unpaired) electrons. The molecule has 0 saturated carbocycles. The maximum atomic E-state index is 13.5. The van der Waals surface area contributed by atoms with Gasteiger partial charge in [0.15, 0.2) is 0 Å². The molecule has 0 bridgehead atoms. The van der Waals surface area contributed by atoms with E-state index in [1.165, 1.54) is 30.3 Å². The van der Waals surface area contributed by atoms with Crippen LogP contribution in [0.15, 0.2) is 42.5 Å². The minimum atomic E-state index is -4.75. The molecule has 2 aromatic carbocycles. The van der Waals surface area contributed by atoms with Gasteiger partial charge in [0.1, 0.15) is 23.9 Å². The van der Waals surface area contributed by atoms with Crippen molar-refractivity contribution in [2.45, 2.75) is 13.0 Å². The Morgan fingerprint density at radius 2 is 1.57 bits per heavy atom. The number of nitrogens with two attached hydrogens (primary N) is 1. The normalized spacial score (nSPS) is 11.2. The predicted octanol–water partition coefficient (Wildman–Crippen LogP) is 3.89. The Hall–Kier alpha value is -2.44. The lowest BCUT2D eigenvalue weighted by atomic mass is 10.2. The van der Waals surface area contributed by atoms with Crippen molar-refractivity contribution in [2.24, 2.45) is 0 Å². The highest BCUT2D eigenvalue weighted by atomic mass is 19.4. The molecule has 0 aliphatic heterocycles. The summed E-state index contributed by atoms with van der Waals surface area (Å²) in [6.07, 6.45) is -4.75. The van der Waals surface area contributed by atoms with Crippen LogP contribution < -0.4 is 15.2 Å². The summed E-state index contributed by atoms with van der Waals surface area (Å²) < 4.78 is 58.5. The molecule has 0 fully saturated rings. The first-order valence-corrected chi connectivity index (χ1v) is 5.86. The first-order chi connectivity index (χ1) is 9.85. The lowest BCUT2D eigenvalue weighted by molar-refractivity contribution is -0.274. The average Bonchev–Trinajstić information content (AvgIpc) is 2.38. The van der Waals surface area contributed by atoms with Crippen molar-refractivity contribution < 1.29 is 27.0 Å². The Morgan fingerprint density at radius 1 is 0.952 bits per heavy atom. The molecule has 2 aromatic rings. The first kappa shape index (κ1) is 15.0. The second-order valence-electron chi connectivity index (χ2n) is 4.12. The Kier molecular flexibility index (Phi) is 4.21. The highest BCUT2D eigenvalue weighted by molar-refractivity contribution is 5.47. The van der Waals surface area contributed by atoms with Gasteiger partial charge in [-0.25, -0.2) is 4.39 Å². The molecule has 0 amide bonds. The number of hydrogen-bond donors (Lipinski definition) is 1. The zero-order valence-electron chi connectivity index (χ0n) is 10.7. The number of alkyl halides is 3. The van der Waals surface area contributed by atoms with Gasteiger partial charge < -0.3 is 15.2 Å². The third-order valence-corrected chi connectivity index (χ3v) is 2.60. The first-order valence-electron chi connectivity index (χ1n) is 5.86. The third-order valence-electron chi connectivity index (χ3n) is 2.60. The summed E-state index contributed by atoms with van der Waals surface area (Å²) in [4.78, 5) is 0. The van der Waals surface area contributed by atoms with Crippen LogP contribution in [0.3, 0.4) is 0 Å². The predicted molar refractivity (Wildman–Crippen MR) is 68.3 cm³/mol. The lowest BCUT2D eigenvalue weighted by Crippen LogP contribution is -2.16. The van der Waals surface area contributed by atoms with E-state index in [0.29, 0.717) is 0 Å². The van der Waals surface area contributed by atoms with E-state index in [0.717, 1.165) is 12.1 Å². The summed E-state index contributed by atoms with van der Waals surface area (Å²) in [6.45, 7) is -0.127. The highest BCUT2D eigenvalue weighted by Gasteiger charge is 2.30. The zero-order chi connectivity index (χ0) is 15.5. The Morgan fingerprint density at radius 3 is 2.14 bits per heavy atom. The fourth-order valence-corrected chi connectivity index (χ4v) is 1.62. The van der Waals surface area contributed by atoms with Gasteiger partial charge in [-0.15, -0.1) is 13.2 Å². The van der Waals surface area contributed by atoms with Gasteiger partial charge in [-0.05, 0) is 36.4 Å². The van der Waals surface area contributed by atoms with E-state index < -0.39 is 12.2 Å². The molecule has 21 heavy (non-hydrogen) atoms. The van der Waals surface area contributed by atoms with Crippen molar-refractivity contribution >= 4 is 5.69 Å². The standard InChI is InChI=1S/C14H11F4NO2/c15-12-2-1-3-13(19)11(12)8-20-9-4-6-10(7-5-9)21-14(16,17)18/h1-7H,8,19H2. The average molecular weight is 301 g/mol. The summed E-state index contributed by atoms with van der Waals surface area (Å²) in [5.41, 5.74) is 6.04. The Labute approximate surface area is 117 Å². The maximum Gasteiger partial charge on any atom is 0.573 e. The Bertz CT molecular complexity index is 591. The van der Waals surface area contributed by atoms with Crippen LogP contribution in [0.25, 0.3) is 0 Å². The third kappa shape index (κ3) is 4.27.